The van der Waals surface area contributed by atoms with Crippen molar-refractivity contribution in [1.82, 2.24) is 9.13 Å². The molecule has 0 saturated carbocycles. The monoisotopic (exact) mass is 1140 g/mol. The van der Waals surface area contributed by atoms with Crippen LogP contribution < -0.4 is 5.46 Å². The number of halogens is 1. The highest BCUT2D eigenvalue weighted by atomic mass is 35.5. The smallest absolute Gasteiger partial charge is 0.423 e. The van der Waals surface area contributed by atoms with E-state index in [4.69, 9.17) is 16.0 Å². The zero-order chi connectivity index (χ0) is 56.9. The Morgan fingerprint density at radius 3 is 1.26 bits per heavy atom. The second-order valence-corrected chi connectivity index (χ2v) is 25.2. The van der Waals surface area contributed by atoms with Crippen LogP contribution >= 0.6 is 11.6 Å². The summed E-state index contributed by atoms with van der Waals surface area (Å²) in [6.45, 7) is 0. The van der Waals surface area contributed by atoms with Gasteiger partial charge in [0.25, 0.3) is 0 Å². The van der Waals surface area contributed by atoms with Gasteiger partial charge in [0.05, 0.1) is 53.0 Å². The Kier molecular flexibility index (Phi) is 13.5. The maximum absolute atomic E-state index is 14.5. The van der Waals surface area contributed by atoms with Crippen LogP contribution in [0.5, 0.6) is 0 Å². The Hall–Kier alpha value is -9.59. The molecule has 2 N–H and O–H groups in total. The molecule has 2 atom stereocenters. The van der Waals surface area contributed by atoms with Gasteiger partial charge in [0.1, 0.15) is 19.5 Å². The van der Waals surface area contributed by atoms with Crippen molar-refractivity contribution < 1.29 is 18.5 Å². The summed E-state index contributed by atoms with van der Waals surface area (Å²) in [6.07, 6.45) is 0. The summed E-state index contributed by atoms with van der Waals surface area (Å²) in [5.41, 5.74) is 14.8. The largest absolute Gasteiger partial charge is 0.488 e. The Morgan fingerprint density at radius 2 is 0.738 bits per heavy atom. The molecule has 12 aromatic carbocycles. The van der Waals surface area contributed by atoms with Gasteiger partial charge < -0.3 is 19.2 Å². The minimum absolute atomic E-state index is 0.503. The molecule has 4 heterocycles. The van der Waals surface area contributed by atoms with Crippen LogP contribution in [0.15, 0.2) is 319 Å². The van der Waals surface area contributed by atoms with E-state index < -0.39 is 26.6 Å². The van der Waals surface area contributed by atoms with Crippen LogP contribution in [-0.2, 0) is 19.5 Å². The lowest BCUT2D eigenvalue weighted by Gasteiger charge is -2.22. The molecule has 14 aromatic rings. The number of para-hydroxylation sites is 4. The molecule has 84 heavy (non-hydrogen) atoms. The highest BCUT2D eigenvalue weighted by molar-refractivity contribution is 7.94. The van der Waals surface area contributed by atoms with E-state index >= 15 is 0 Å². The van der Waals surface area contributed by atoms with Crippen molar-refractivity contribution >= 4 is 98.6 Å². The highest BCUT2D eigenvalue weighted by Crippen LogP contribution is 2.47. The van der Waals surface area contributed by atoms with Crippen LogP contribution in [0, 0.1) is 0 Å². The molecule has 2 aromatic heterocycles. The summed E-state index contributed by atoms with van der Waals surface area (Å²) < 4.78 is 42.2. The van der Waals surface area contributed by atoms with Crippen molar-refractivity contribution in [2.24, 2.45) is 8.73 Å². The van der Waals surface area contributed by atoms with Crippen LogP contribution in [0.25, 0.3) is 88.4 Å². The third-order valence-corrected chi connectivity index (χ3v) is 20.4. The van der Waals surface area contributed by atoms with Gasteiger partial charge in [-0.3, -0.25) is 0 Å². The van der Waals surface area contributed by atoms with Crippen LogP contribution in [0.1, 0.15) is 0 Å². The Balaban J connectivity index is 0.000000121. The van der Waals surface area contributed by atoms with Gasteiger partial charge in [0.2, 0.25) is 0 Å². The fraction of sp³-hybridized carbons (Fsp3) is 0. The Bertz CT molecular complexity index is 5130. The van der Waals surface area contributed by atoms with Crippen molar-refractivity contribution in [3.63, 3.8) is 0 Å². The van der Waals surface area contributed by atoms with Gasteiger partial charge in [-0.25, -0.2) is 8.42 Å². The molecule has 0 bridgehead atoms. The first-order valence-electron chi connectivity index (χ1n) is 27.5. The number of nitrogens with zero attached hydrogens (tertiary/aromatic N) is 4. The number of rotatable bonds is 6. The molecule has 0 amide bonds. The molecule has 12 heteroatoms. The van der Waals surface area contributed by atoms with Gasteiger partial charge in [-0.2, -0.15) is 8.73 Å². The maximum Gasteiger partial charge on any atom is 0.488 e. The fourth-order valence-electron chi connectivity index (χ4n) is 11.6. The average Bonchev–Trinajstić information content (AvgIpc) is 1.94. The van der Waals surface area contributed by atoms with Gasteiger partial charge in [-0.15, -0.1) is 0 Å². The Labute approximate surface area is 492 Å². The lowest BCUT2D eigenvalue weighted by Crippen LogP contribution is -2.29. The zero-order valence-electron chi connectivity index (χ0n) is 45.0. The highest BCUT2D eigenvalue weighted by Gasteiger charge is 2.29. The third kappa shape index (κ3) is 9.19. The molecule has 0 spiro atoms. The van der Waals surface area contributed by atoms with Crippen molar-refractivity contribution in [3.8, 4) is 44.8 Å². The summed E-state index contributed by atoms with van der Waals surface area (Å²) in [5, 5.41) is 24.0. The number of hydrogen-bond donors (Lipinski definition) is 2. The van der Waals surface area contributed by atoms with E-state index in [9.17, 15) is 18.5 Å². The van der Waals surface area contributed by atoms with Gasteiger partial charge in [-0.05, 0) is 138 Å². The second-order valence-electron chi connectivity index (χ2n) is 20.5. The fourth-order valence-corrected chi connectivity index (χ4v) is 16.1. The van der Waals surface area contributed by atoms with Crippen LogP contribution in [0.4, 0.5) is 11.4 Å². The van der Waals surface area contributed by atoms with Crippen LogP contribution in [0.2, 0.25) is 5.02 Å². The van der Waals surface area contributed by atoms with Gasteiger partial charge in [0.15, 0.2) is 0 Å². The average molecular weight is 1150 g/mol. The molecule has 2 aliphatic rings. The number of benzene rings is 12. The summed E-state index contributed by atoms with van der Waals surface area (Å²) in [6, 6.07) is 96.1. The lowest BCUT2D eigenvalue weighted by molar-refractivity contribution is 0.426. The van der Waals surface area contributed by atoms with Crippen molar-refractivity contribution in [2.45, 2.75) is 19.6 Å². The van der Waals surface area contributed by atoms with Gasteiger partial charge in [0, 0.05) is 60.2 Å². The first-order chi connectivity index (χ1) is 41.1. The molecule has 0 aliphatic carbocycles. The third-order valence-electron chi connectivity index (χ3n) is 15.5. The molecule has 8 nitrogen and oxygen atoms in total. The van der Waals surface area contributed by atoms with E-state index in [-0.39, 0.29) is 0 Å². The molecule has 0 fully saturated rings. The summed E-state index contributed by atoms with van der Waals surface area (Å²) in [5.74, 6) is 0. The van der Waals surface area contributed by atoms with E-state index in [1.54, 1.807) is 12.1 Å². The molecule has 2 unspecified atom stereocenters. The SMILES string of the molecule is O=S1(c2ccccc2)=Nc2ccccc2-c2cc(-c3ccc4c(c3)c3ccccc3n4-c3ccccc3)ccc21.O=S1(c2ccccc2)=Nc2ccccc2-c2cc(Cl)ccc21.OB(O)c1ccc2c(c1)c1ccccc1n2-c1ccccc1. The van der Waals surface area contributed by atoms with E-state index in [0.717, 1.165) is 92.6 Å². The lowest BCUT2D eigenvalue weighted by atomic mass is 9.80. The summed E-state index contributed by atoms with van der Waals surface area (Å²) >= 11 is 6.16. The molecule has 2 aliphatic heterocycles. The van der Waals surface area contributed by atoms with E-state index in [0.29, 0.717) is 15.4 Å². The van der Waals surface area contributed by atoms with Gasteiger partial charge in [-0.1, -0.05) is 181 Å². The molecule has 0 saturated heterocycles. The molecular formula is C72H50BClN4O4S2. The van der Waals surface area contributed by atoms with E-state index in [1.807, 2.05) is 170 Å². The minimum Gasteiger partial charge on any atom is -0.423 e. The summed E-state index contributed by atoms with van der Waals surface area (Å²) in [7, 11) is -6.96. The quantitative estimate of drug-likeness (QED) is 0.162. The predicted octanol–water partition coefficient (Wildman–Crippen LogP) is 17.7. The predicted molar refractivity (Wildman–Crippen MR) is 346 cm³/mol. The molecule has 16 rings (SSSR count). The normalized spacial score (nSPS) is 15.5. The molecule has 404 valence electrons. The number of hydrogen-bond acceptors (Lipinski definition) is 6. The van der Waals surface area contributed by atoms with Crippen molar-refractivity contribution in [3.05, 3.63) is 296 Å². The topological polar surface area (TPSA) is 109 Å². The first-order valence-corrected chi connectivity index (χ1v) is 30.9. The van der Waals surface area contributed by atoms with Crippen molar-refractivity contribution in [1.29, 1.82) is 0 Å². The summed E-state index contributed by atoms with van der Waals surface area (Å²) in [4.78, 5) is 2.94. The first kappa shape index (κ1) is 52.5. The van der Waals surface area contributed by atoms with E-state index in [2.05, 4.69) is 123 Å². The zero-order valence-corrected chi connectivity index (χ0v) is 47.4. The minimum atomic E-state index is -2.81. The molecule has 0 radical (unpaired) electrons. The van der Waals surface area contributed by atoms with Gasteiger partial charge >= 0.3 is 7.12 Å². The van der Waals surface area contributed by atoms with Crippen molar-refractivity contribution in [2.75, 3.05) is 0 Å². The second kappa shape index (κ2) is 21.6. The van der Waals surface area contributed by atoms with E-state index in [1.165, 1.54) is 21.8 Å². The Morgan fingerprint density at radius 1 is 0.345 bits per heavy atom. The maximum atomic E-state index is 14.5. The van der Waals surface area contributed by atoms with Crippen LogP contribution in [-0.4, -0.2) is 34.7 Å². The number of fused-ring (bicyclic) bond motifs is 12. The molecular weight excluding hydrogens is 1100 g/mol. The number of aromatic nitrogens is 2. The standard InChI is InChI=1S/C36H24N2OS.C18H14BNO2.C18H12ClNOS/c39-40(28-13-5-2-6-14-28)36-22-20-26(24-32(36)29-15-7-9-17-33(29)37-40)25-19-21-35-31(23-25)30-16-8-10-18-34(30)38(35)27-11-3-1-4-12-27;21-19(22)13-10-11-18-16(12-13)15-8-4-5-9-17(15)20(18)14-6-2-1-3-7-14;19-13-10-11-18-16(12-13)15-8-4-5-9-17(15)20-22(18,21)14-6-2-1-3-7-14/h1-24H;1-12,21-22H;1-12H. The van der Waals surface area contributed by atoms with Crippen LogP contribution in [0.3, 0.4) is 0 Å².